The number of allylic oxidation sites excluding steroid dienone is 2. The standard InChI is InChI=1S/C9H12O2/c1-9(2)5-7(10)3-4-8(11)6-9/h3-4H,5-6H2,1-2H3. The van der Waals surface area contributed by atoms with Gasteiger partial charge in [-0.2, -0.15) is 0 Å². The van der Waals surface area contributed by atoms with Gasteiger partial charge in [0.15, 0.2) is 11.6 Å². The molecule has 2 heteroatoms. The average Bonchev–Trinajstić information content (AvgIpc) is 1.89. The lowest BCUT2D eigenvalue weighted by Crippen LogP contribution is -2.16. The van der Waals surface area contributed by atoms with Crippen molar-refractivity contribution in [2.75, 3.05) is 0 Å². The first-order valence-corrected chi connectivity index (χ1v) is 3.73. The third-order valence-electron chi connectivity index (χ3n) is 1.76. The zero-order valence-corrected chi connectivity index (χ0v) is 6.89. The molecule has 0 amide bonds. The molecule has 0 saturated heterocycles. The first-order chi connectivity index (χ1) is 4.99. The molecular formula is C9H12O2. The van der Waals surface area contributed by atoms with Crippen molar-refractivity contribution in [1.82, 2.24) is 0 Å². The lowest BCUT2D eigenvalue weighted by molar-refractivity contribution is -0.117. The molecule has 0 bridgehead atoms. The molecule has 60 valence electrons. The minimum absolute atomic E-state index is 0.0563. The van der Waals surface area contributed by atoms with Crippen LogP contribution in [0.4, 0.5) is 0 Å². The highest BCUT2D eigenvalue weighted by molar-refractivity contribution is 6.01. The Balaban J connectivity index is 2.82. The van der Waals surface area contributed by atoms with Crippen LogP contribution in [0.3, 0.4) is 0 Å². The van der Waals surface area contributed by atoms with E-state index in [9.17, 15) is 9.59 Å². The van der Waals surface area contributed by atoms with Crippen LogP contribution in [0.25, 0.3) is 0 Å². The maximum absolute atomic E-state index is 11.0. The van der Waals surface area contributed by atoms with E-state index in [-0.39, 0.29) is 17.0 Å². The van der Waals surface area contributed by atoms with Gasteiger partial charge in [0.2, 0.25) is 0 Å². The van der Waals surface area contributed by atoms with Gasteiger partial charge in [0.05, 0.1) is 0 Å². The highest BCUT2D eigenvalue weighted by atomic mass is 16.1. The fraction of sp³-hybridized carbons (Fsp3) is 0.556. The number of carbonyl (C=O) groups excluding carboxylic acids is 2. The largest absolute Gasteiger partial charge is 0.295 e. The molecule has 0 aromatic rings. The molecule has 1 aliphatic rings. The summed E-state index contributed by atoms with van der Waals surface area (Å²) in [7, 11) is 0. The van der Waals surface area contributed by atoms with Crippen LogP contribution in [-0.2, 0) is 9.59 Å². The molecular weight excluding hydrogens is 140 g/mol. The van der Waals surface area contributed by atoms with Gasteiger partial charge in [0.25, 0.3) is 0 Å². The Morgan fingerprint density at radius 1 is 1.09 bits per heavy atom. The van der Waals surface area contributed by atoms with Crippen LogP contribution in [0, 0.1) is 5.41 Å². The summed E-state index contributed by atoms with van der Waals surface area (Å²) < 4.78 is 0. The molecule has 0 atom stereocenters. The predicted octanol–water partition coefficient (Wildman–Crippen LogP) is 1.50. The van der Waals surface area contributed by atoms with Crippen molar-refractivity contribution >= 4 is 11.6 Å². The van der Waals surface area contributed by atoms with Crippen molar-refractivity contribution in [3.63, 3.8) is 0 Å². The SMILES string of the molecule is CC1(C)CC(=O)C=CC(=O)C1. The second-order valence-electron chi connectivity index (χ2n) is 3.78. The van der Waals surface area contributed by atoms with Gasteiger partial charge in [-0.25, -0.2) is 0 Å². The molecule has 0 spiro atoms. The first kappa shape index (κ1) is 8.18. The van der Waals surface area contributed by atoms with Gasteiger partial charge in [-0.05, 0) is 17.6 Å². The van der Waals surface area contributed by atoms with Crippen LogP contribution in [0.5, 0.6) is 0 Å². The molecule has 1 rings (SSSR count). The number of hydrogen-bond acceptors (Lipinski definition) is 2. The van der Waals surface area contributed by atoms with E-state index in [0.29, 0.717) is 12.8 Å². The van der Waals surface area contributed by atoms with Crippen molar-refractivity contribution in [1.29, 1.82) is 0 Å². The lowest BCUT2D eigenvalue weighted by atomic mass is 9.84. The summed E-state index contributed by atoms with van der Waals surface area (Å²) in [5.41, 5.74) is -0.155. The normalized spacial score (nSPS) is 23.5. The zero-order chi connectivity index (χ0) is 8.48. The molecule has 11 heavy (non-hydrogen) atoms. The molecule has 0 aliphatic heterocycles. The second-order valence-corrected chi connectivity index (χ2v) is 3.78. The maximum atomic E-state index is 11.0. The number of ketones is 2. The molecule has 0 heterocycles. The van der Waals surface area contributed by atoms with Gasteiger partial charge in [-0.3, -0.25) is 9.59 Å². The summed E-state index contributed by atoms with van der Waals surface area (Å²) in [6.07, 6.45) is 3.73. The molecule has 0 saturated carbocycles. The van der Waals surface area contributed by atoms with Gasteiger partial charge in [0, 0.05) is 12.8 Å². The molecule has 0 aromatic heterocycles. The average molecular weight is 152 g/mol. The zero-order valence-electron chi connectivity index (χ0n) is 6.89. The minimum atomic E-state index is -0.155. The molecule has 1 aliphatic carbocycles. The van der Waals surface area contributed by atoms with Crippen LogP contribution < -0.4 is 0 Å². The van der Waals surface area contributed by atoms with E-state index >= 15 is 0 Å². The first-order valence-electron chi connectivity index (χ1n) is 3.73. The fourth-order valence-electron chi connectivity index (χ4n) is 1.31. The Labute approximate surface area is 66.3 Å². The fourth-order valence-corrected chi connectivity index (χ4v) is 1.31. The van der Waals surface area contributed by atoms with Crippen LogP contribution in [0.15, 0.2) is 12.2 Å². The Kier molecular flexibility index (Phi) is 1.94. The predicted molar refractivity (Wildman–Crippen MR) is 42.2 cm³/mol. The van der Waals surface area contributed by atoms with Gasteiger partial charge < -0.3 is 0 Å². The smallest absolute Gasteiger partial charge is 0.156 e. The van der Waals surface area contributed by atoms with Crippen molar-refractivity contribution in [3.8, 4) is 0 Å². The maximum Gasteiger partial charge on any atom is 0.156 e. The second kappa shape index (κ2) is 2.61. The van der Waals surface area contributed by atoms with Crippen molar-refractivity contribution in [2.24, 2.45) is 5.41 Å². The summed E-state index contributed by atoms with van der Waals surface area (Å²) in [5, 5.41) is 0. The molecule has 0 N–H and O–H groups in total. The molecule has 0 fully saturated rings. The van der Waals surface area contributed by atoms with Crippen molar-refractivity contribution < 1.29 is 9.59 Å². The number of rotatable bonds is 0. The third-order valence-corrected chi connectivity index (χ3v) is 1.76. The monoisotopic (exact) mass is 152 g/mol. The van der Waals surface area contributed by atoms with Crippen LogP contribution >= 0.6 is 0 Å². The Bertz CT molecular complexity index is 202. The highest BCUT2D eigenvalue weighted by Gasteiger charge is 2.25. The van der Waals surface area contributed by atoms with Gasteiger partial charge in [0.1, 0.15) is 0 Å². The van der Waals surface area contributed by atoms with Crippen LogP contribution in [0.1, 0.15) is 26.7 Å². The molecule has 0 aromatic carbocycles. The Morgan fingerprint density at radius 2 is 1.45 bits per heavy atom. The summed E-state index contributed by atoms with van der Waals surface area (Å²) >= 11 is 0. The van der Waals surface area contributed by atoms with E-state index in [1.54, 1.807) is 0 Å². The summed E-state index contributed by atoms with van der Waals surface area (Å²) in [6.45, 7) is 3.88. The van der Waals surface area contributed by atoms with E-state index in [4.69, 9.17) is 0 Å². The van der Waals surface area contributed by atoms with Gasteiger partial charge >= 0.3 is 0 Å². The minimum Gasteiger partial charge on any atom is -0.295 e. The van der Waals surface area contributed by atoms with E-state index in [1.807, 2.05) is 13.8 Å². The molecule has 0 radical (unpaired) electrons. The Hall–Kier alpha value is -0.920. The molecule has 2 nitrogen and oxygen atoms in total. The summed E-state index contributed by atoms with van der Waals surface area (Å²) in [6, 6.07) is 0. The topological polar surface area (TPSA) is 34.1 Å². The highest BCUT2D eigenvalue weighted by Crippen LogP contribution is 2.27. The van der Waals surface area contributed by atoms with Crippen LogP contribution in [-0.4, -0.2) is 11.6 Å². The van der Waals surface area contributed by atoms with E-state index in [0.717, 1.165) is 0 Å². The number of hydrogen-bond donors (Lipinski definition) is 0. The van der Waals surface area contributed by atoms with E-state index in [2.05, 4.69) is 0 Å². The summed E-state index contributed by atoms with van der Waals surface area (Å²) in [5.74, 6) is 0.113. The van der Waals surface area contributed by atoms with E-state index < -0.39 is 0 Å². The summed E-state index contributed by atoms with van der Waals surface area (Å²) in [4.78, 5) is 22.0. The van der Waals surface area contributed by atoms with Crippen molar-refractivity contribution in [2.45, 2.75) is 26.7 Å². The molecule has 0 unspecified atom stereocenters. The number of carbonyl (C=O) groups is 2. The van der Waals surface area contributed by atoms with E-state index in [1.165, 1.54) is 12.2 Å². The van der Waals surface area contributed by atoms with Crippen molar-refractivity contribution in [3.05, 3.63) is 12.2 Å². The third kappa shape index (κ3) is 2.30. The lowest BCUT2D eigenvalue weighted by Gasteiger charge is -2.19. The van der Waals surface area contributed by atoms with Gasteiger partial charge in [-0.15, -0.1) is 0 Å². The van der Waals surface area contributed by atoms with Gasteiger partial charge in [-0.1, -0.05) is 13.8 Å². The van der Waals surface area contributed by atoms with Crippen LogP contribution in [0.2, 0.25) is 0 Å². The quantitative estimate of drug-likeness (QED) is 0.527. The Morgan fingerprint density at radius 3 is 1.82 bits per heavy atom.